The van der Waals surface area contributed by atoms with Crippen molar-refractivity contribution in [2.24, 2.45) is 0 Å². The molecular weight excluding hydrogens is 504 g/mol. The molecule has 0 atom stereocenters. The number of aryl methyl sites for hydroxylation is 1. The van der Waals surface area contributed by atoms with Crippen LogP contribution in [0.3, 0.4) is 0 Å². The normalized spacial score (nSPS) is 11.0. The maximum Gasteiger partial charge on any atom is 0.276 e. The Kier molecular flexibility index (Phi) is 7.11. The van der Waals surface area contributed by atoms with Gasteiger partial charge in [0, 0.05) is 16.8 Å². The molecule has 2 aromatic carbocycles. The highest BCUT2D eigenvalue weighted by Gasteiger charge is 2.19. The van der Waals surface area contributed by atoms with E-state index in [0.717, 1.165) is 0 Å². The number of carbonyl (C=O) groups excluding carboxylic acids is 1. The lowest BCUT2D eigenvalue weighted by molar-refractivity contribution is 0.102. The van der Waals surface area contributed by atoms with E-state index >= 15 is 0 Å². The quantitative estimate of drug-likeness (QED) is 0.317. The number of amides is 1. The van der Waals surface area contributed by atoms with Crippen LogP contribution in [0, 0.1) is 19.7 Å². The van der Waals surface area contributed by atoms with Crippen LogP contribution >= 0.6 is 34.8 Å². The second kappa shape index (κ2) is 10.0. The molecule has 176 valence electrons. The highest BCUT2D eigenvalue weighted by molar-refractivity contribution is 6.42. The molecule has 4 rings (SSSR count). The van der Waals surface area contributed by atoms with E-state index in [-0.39, 0.29) is 19.0 Å². The second-order valence-corrected chi connectivity index (χ2v) is 8.62. The first-order valence-corrected chi connectivity index (χ1v) is 11.3. The standard InChI is InChI=1S/C23H19Cl3FN5O2/c1-13-22(14(2)32(29-13)11-15-16(24)5-3-7-18(15)27)28-23(33)19-9-10-31(30-19)12-34-20-8-4-6-17(25)21(20)26/h3-10H,11-12H2,1-2H3,(H,28,33). The number of carbonyl (C=O) groups is 1. The fraction of sp³-hybridized carbons (Fsp3) is 0.174. The van der Waals surface area contributed by atoms with E-state index in [1.54, 1.807) is 61.1 Å². The summed E-state index contributed by atoms with van der Waals surface area (Å²) in [5, 5.41) is 12.5. The Bertz CT molecular complexity index is 1350. The summed E-state index contributed by atoms with van der Waals surface area (Å²) >= 11 is 18.2. The topological polar surface area (TPSA) is 74.0 Å². The van der Waals surface area contributed by atoms with E-state index in [4.69, 9.17) is 39.5 Å². The number of halogens is 4. The lowest BCUT2D eigenvalue weighted by Crippen LogP contribution is -2.15. The summed E-state index contributed by atoms with van der Waals surface area (Å²) in [5.74, 6) is -0.434. The lowest BCUT2D eigenvalue weighted by Gasteiger charge is -2.09. The molecule has 0 spiro atoms. The fourth-order valence-electron chi connectivity index (χ4n) is 3.33. The van der Waals surface area contributed by atoms with E-state index in [1.165, 1.54) is 10.7 Å². The monoisotopic (exact) mass is 521 g/mol. The van der Waals surface area contributed by atoms with Gasteiger partial charge in [0.15, 0.2) is 12.4 Å². The van der Waals surface area contributed by atoms with Crippen molar-refractivity contribution in [1.82, 2.24) is 19.6 Å². The molecule has 2 aromatic heterocycles. The zero-order valence-electron chi connectivity index (χ0n) is 18.2. The van der Waals surface area contributed by atoms with Crippen LogP contribution in [0.5, 0.6) is 5.75 Å². The SMILES string of the molecule is Cc1nn(Cc2c(F)cccc2Cl)c(C)c1NC(=O)c1ccn(COc2cccc(Cl)c2Cl)n1. The van der Waals surface area contributed by atoms with E-state index in [0.29, 0.717) is 43.5 Å². The zero-order chi connectivity index (χ0) is 24.4. The molecule has 2 heterocycles. The van der Waals surface area contributed by atoms with Crippen LogP contribution in [0.15, 0.2) is 48.7 Å². The molecule has 34 heavy (non-hydrogen) atoms. The maximum atomic E-state index is 14.2. The number of hydrogen-bond donors (Lipinski definition) is 1. The van der Waals surface area contributed by atoms with E-state index in [2.05, 4.69) is 15.5 Å². The molecule has 4 aromatic rings. The predicted octanol–water partition coefficient (Wildman–Crippen LogP) is 6.13. The number of hydrogen-bond acceptors (Lipinski definition) is 4. The Morgan fingerprint density at radius 3 is 2.56 bits per heavy atom. The molecule has 1 amide bonds. The summed E-state index contributed by atoms with van der Waals surface area (Å²) in [4.78, 5) is 12.8. The van der Waals surface area contributed by atoms with Crippen molar-refractivity contribution in [1.29, 1.82) is 0 Å². The van der Waals surface area contributed by atoms with Crippen LogP contribution in [0.4, 0.5) is 10.1 Å². The molecular formula is C23H19Cl3FN5O2. The van der Waals surface area contributed by atoms with Crippen molar-refractivity contribution in [3.05, 3.63) is 92.2 Å². The first-order valence-electron chi connectivity index (χ1n) is 10.1. The third-order valence-electron chi connectivity index (χ3n) is 5.13. The number of benzene rings is 2. The zero-order valence-corrected chi connectivity index (χ0v) is 20.4. The van der Waals surface area contributed by atoms with Gasteiger partial charge in [-0.25, -0.2) is 9.07 Å². The summed E-state index contributed by atoms with van der Waals surface area (Å²) in [6.07, 6.45) is 1.61. The molecule has 0 unspecified atom stereocenters. The van der Waals surface area contributed by atoms with Gasteiger partial charge in [0.05, 0.1) is 28.6 Å². The van der Waals surface area contributed by atoms with Crippen molar-refractivity contribution in [2.75, 3.05) is 5.32 Å². The number of nitrogens with zero attached hydrogens (tertiary/aromatic N) is 4. The number of anilines is 1. The van der Waals surface area contributed by atoms with Crippen LogP contribution < -0.4 is 10.1 Å². The molecule has 11 heteroatoms. The molecule has 0 fully saturated rings. The number of ether oxygens (including phenoxy) is 1. The fourth-order valence-corrected chi connectivity index (χ4v) is 3.90. The van der Waals surface area contributed by atoms with Gasteiger partial charge >= 0.3 is 0 Å². The highest BCUT2D eigenvalue weighted by Crippen LogP contribution is 2.31. The predicted molar refractivity (Wildman–Crippen MR) is 129 cm³/mol. The van der Waals surface area contributed by atoms with E-state index < -0.39 is 11.7 Å². The molecule has 0 saturated carbocycles. The largest absolute Gasteiger partial charge is 0.470 e. The Balaban J connectivity index is 1.45. The van der Waals surface area contributed by atoms with Gasteiger partial charge in [-0.15, -0.1) is 0 Å². The summed E-state index contributed by atoms with van der Waals surface area (Å²) in [5.41, 5.74) is 2.27. The van der Waals surface area contributed by atoms with Crippen molar-refractivity contribution in [2.45, 2.75) is 27.1 Å². The summed E-state index contributed by atoms with van der Waals surface area (Å²) in [6, 6.07) is 11.1. The van der Waals surface area contributed by atoms with Gasteiger partial charge in [-0.2, -0.15) is 10.2 Å². The highest BCUT2D eigenvalue weighted by atomic mass is 35.5. The third kappa shape index (κ3) is 5.04. The average Bonchev–Trinajstić information content (AvgIpc) is 3.38. The smallest absolute Gasteiger partial charge is 0.276 e. The van der Waals surface area contributed by atoms with Crippen LogP contribution in [-0.2, 0) is 13.3 Å². The minimum Gasteiger partial charge on any atom is -0.470 e. The van der Waals surface area contributed by atoms with Gasteiger partial charge in [0.1, 0.15) is 16.6 Å². The van der Waals surface area contributed by atoms with Crippen molar-refractivity contribution in [3.8, 4) is 5.75 Å². The van der Waals surface area contributed by atoms with Gasteiger partial charge in [-0.05, 0) is 44.2 Å². The molecule has 0 radical (unpaired) electrons. The van der Waals surface area contributed by atoms with Crippen LogP contribution in [0.25, 0.3) is 0 Å². The Morgan fingerprint density at radius 1 is 1.06 bits per heavy atom. The first kappa shape index (κ1) is 24.1. The van der Waals surface area contributed by atoms with Crippen molar-refractivity contribution < 1.29 is 13.9 Å². The molecule has 0 aliphatic carbocycles. The average molecular weight is 523 g/mol. The van der Waals surface area contributed by atoms with Gasteiger partial charge in [-0.1, -0.05) is 46.9 Å². The van der Waals surface area contributed by atoms with E-state index in [1.807, 2.05) is 0 Å². The lowest BCUT2D eigenvalue weighted by atomic mass is 10.2. The summed E-state index contributed by atoms with van der Waals surface area (Å²) in [6.45, 7) is 3.70. The third-order valence-corrected chi connectivity index (χ3v) is 6.29. The van der Waals surface area contributed by atoms with Gasteiger partial charge in [0.25, 0.3) is 5.91 Å². The number of aromatic nitrogens is 4. The summed E-state index contributed by atoms with van der Waals surface area (Å²) in [7, 11) is 0. The molecule has 0 bridgehead atoms. The van der Waals surface area contributed by atoms with E-state index in [9.17, 15) is 9.18 Å². The second-order valence-electron chi connectivity index (χ2n) is 7.42. The molecule has 0 saturated heterocycles. The first-order chi connectivity index (χ1) is 16.2. The van der Waals surface area contributed by atoms with Gasteiger partial charge in [0.2, 0.25) is 0 Å². The number of nitrogens with one attached hydrogen (secondary N) is 1. The molecule has 0 aliphatic heterocycles. The molecule has 1 N–H and O–H groups in total. The van der Waals surface area contributed by atoms with Crippen LogP contribution in [-0.4, -0.2) is 25.5 Å². The number of rotatable bonds is 7. The van der Waals surface area contributed by atoms with Crippen LogP contribution in [0.2, 0.25) is 15.1 Å². The minimum atomic E-state index is -0.422. The maximum absolute atomic E-state index is 14.2. The Hall–Kier alpha value is -3.07. The van der Waals surface area contributed by atoms with Crippen LogP contribution in [0.1, 0.15) is 27.4 Å². The minimum absolute atomic E-state index is 0.0345. The van der Waals surface area contributed by atoms with Crippen molar-refractivity contribution >= 4 is 46.4 Å². The van der Waals surface area contributed by atoms with Crippen molar-refractivity contribution in [3.63, 3.8) is 0 Å². The molecule has 7 nitrogen and oxygen atoms in total. The summed E-state index contributed by atoms with van der Waals surface area (Å²) < 4.78 is 22.9. The van der Waals surface area contributed by atoms with Gasteiger partial charge < -0.3 is 10.1 Å². The molecule has 0 aliphatic rings. The Labute approximate surface area is 210 Å². The van der Waals surface area contributed by atoms with Gasteiger partial charge in [-0.3, -0.25) is 9.48 Å². The Morgan fingerprint density at radius 2 is 1.79 bits per heavy atom.